The molecule has 0 aromatic carbocycles. The van der Waals surface area contributed by atoms with Gasteiger partial charge in [-0.25, -0.2) is 0 Å². The maximum absolute atomic E-state index is 11.7. The molecule has 3 saturated carbocycles. The van der Waals surface area contributed by atoms with Gasteiger partial charge in [-0.3, -0.25) is 4.79 Å². The molecule has 0 bridgehead atoms. The van der Waals surface area contributed by atoms with E-state index in [1.54, 1.807) is 6.92 Å². The zero-order valence-corrected chi connectivity index (χ0v) is 15.9. The maximum Gasteiger partial charge on any atom is 0.303 e. The first-order chi connectivity index (χ1) is 11.3. The second kappa shape index (κ2) is 5.35. The molecule has 2 nitrogen and oxygen atoms in total. The number of hydrogen-bond acceptors (Lipinski definition) is 2. The van der Waals surface area contributed by atoms with E-state index >= 15 is 0 Å². The van der Waals surface area contributed by atoms with Crippen LogP contribution in [0.1, 0.15) is 79.1 Å². The molecular formula is C22H34O2. The Hall–Kier alpha value is -0.790. The van der Waals surface area contributed by atoms with Crippen LogP contribution in [-0.2, 0) is 9.53 Å². The van der Waals surface area contributed by atoms with Crippen LogP contribution in [0.15, 0.2) is 12.2 Å². The third-order valence-electron chi connectivity index (χ3n) is 9.11. The van der Waals surface area contributed by atoms with Gasteiger partial charge >= 0.3 is 5.97 Å². The first kappa shape index (κ1) is 16.7. The lowest BCUT2D eigenvalue weighted by Gasteiger charge is -2.60. The third kappa shape index (κ3) is 2.10. The smallest absolute Gasteiger partial charge is 0.303 e. The number of esters is 1. The summed E-state index contributed by atoms with van der Waals surface area (Å²) in [5.74, 6) is 3.25. The van der Waals surface area contributed by atoms with Crippen LogP contribution < -0.4 is 0 Å². The summed E-state index contributed by atoms with van der Waals surface area (Å²) in [5, 5.41) is 0. The fourth-order valence-corrected chi connectivity index (χ4v) is 7.55. The molecule has 0 aliphatic heterocycles. The Morgan fingerprint density at radius 2 is 1.75 bits per heavy atom. The fraction of sp³-hybridized carbons (Fsp3) is 0.864. The molecule has 4 aliphatic rings. The average molecular weight is 331 g/mol. The van der Waals surface area contributed by atoms with E-state index in [4.69, 9.17) is 4.74 Å². The maximum atomic E-state index is 11.7. The van der Waals surface area contributed by atoms with Gasteiger partial charge in [0, 0.05) is 12.3 Å². The van der Waals surface area contributed by atoms with Crippen LogP contribution >= 0.6 is 0 Å². The highest BCUT2D eigenvalue weighted by molar-refractivity contribution is 5.66. The normalized spacial score (nSPS) is 53.0. The summed E-state index contributed by atoms with van der Waals surface area (Å²) >= 11 is 0. The lowest BCUT2D eigenvalue weighted by Crippen LogP contribution is -2.56. The van der Waals surface area contributed by atoms with Crippen LogP contribution in [0.25, 0.3) is 0 Å². The van der Waals surface area contributed by atoms with Gasteiger partial charge in [0.25, 0.3) is 0 Å². The van der Waals surface area contributed by atoms with E-state index in [0.717, 1.165) is 30.1 Å². The van der Waals surface area contributed by atoms with Gasteiger partial charge in [-0.1, -0.05) is 26.0 Å². The van der Waals surface area contributed by atoms with Gasteiger partial charge in [0.15, 0.2) is 0 Å². The number of ether oxygens (including phenoxy) is 1. The number of fused-ring (bicyclic) bond motifs is 5. The molecule has 0 unspecified atom stereocenters. The van der Waals surface area contributed by atoms with Crippen molar-refractivity contribution in [2.75, 3.05) is 0 Å². The van der Waals surface area contributed by atoms with Gasteiger partial charge in [0.1, 0.15) is 5.60 Å². The van der Waals surface area contributed by atoms with Crippen LogP contribution in [0.2, 0.25) is 0 Å². The van der Waals surface area contributed by atoms with Crippen molar-refractivity contribution in [2.45, 2.75) is 84.7 Å². The molecule has 4 rings (SSSR count). The molecule has 0 aromatic heterocycles. The molecule has 0 aromatic rings. The first-order valence-corrected chi connectivity index (χ1v) is 10.1. The van der Waals surface area contributed by atoms with E-state index in [2.05, 4.69) is 32.9 Å². The number of carbonyl (C=O) groups excluding carboxylic acids is 1. The molecule has 0 radical (unpaired) electrons. The van der Waals surface area contributed by atoms with Gasteiger partial charge in [0.2, 0.25) is 0 Å². The molecule has 7 atom stereocenters. The van der Waals surface area contributed by atoms with Crippen LogP contribution in [0.3, 0.4) is 0 Å². The fourth-order valence-electron chi connectivity index (χ4n) is 7.55. The first-order valence-electron chi connectivity index (χ1n) is 10.1. The summed E-state index contributed by atoms with van der Waals surface area (Å²) in [6.07, 6.45) is 15.1. The van der Waals surface area contributed by atoms with Crippen molar-refractivity contribution in [3.05, 3.63) is 12.2 Å². The highest BCUT2D eigenvalue weighted by Crippen LogP contribution is 2.68. The second-order valence-electron chi connectivity index (χ2n) is 9.89. The van der Waals surface area contributed by atoms with Crippen molar-refractivity contribution in [1.29, 1.82) is 0 Å². The number of carbonyl (C=O) groups is 1. The van der Waals surface area contributed by atoms with E-state index in [-0.39, 0.29) is 17.0 Å². The van der Waals surface area contributed by atoms with Crippen molar-refractivity contribution in [2.24, 2.45) is 34.5 Å². The van der Waals surface area contributed by atoms with Crippen molar-refractivity contribution >= 4 is 5.97 Å². The van der Waals surface area contributed by atoms with Gasteiger partial charge in [0.05, 0.1) is 0 Å². The summed E-state index contributed by atoms with van der Waals surface area (Å²) in [6, 6.07) is 0. The Bertz CT molecular complexity index is 566. The molecule has 0 heterocycles. The number of hydrogen-bond donors (Lipinski definition) is 0. The quantitative estimate of drug-likeness (QED) is 0.467. The summed E-state index contributed by atoms with van der Waals surface area (Å²) in [4.78, 5) is 11.7. The summed E-state index contributed by atoms with van der Waals surface area (Å²) in [7, 11) is 0. The molecule has 134 valence electrons. The molecule has 4 aliphatic carbocycles. The standard InChI is InChI=1S/C22H34O2/c1-15(23)24-22(4)14-11-19-17-9-8-16-7-5-6-12-20(16,2)18(17)10-13-21(19,22)3/h5-6,16-19H,7-14H2,1-4H3/t16-,17-,18+,19+,20+,21+,22+/m1/s1. The zero-order valence-electron chi connectivity index (χ0n) is 15.9. The van der Waals surface area contributed by atoms with Gasteiger partial charge in [-0.2, -0.15) is 0 Å². The van der Waals surface area contributed by atoms with E-state index in [0.29, 0.717) is 5.41 Å². The average Bonchev–Trinajstić information content (AvgIpc) is 2.77. The largest absolute Gasteiger partial charge is 0.459 e. The zero-order chi connectivity index (χ0) is 17.2. The van der Waals surface area contributed by atoms with Crippen LogP contribution in [0, 0.1) is 34.5 Å². The summed E-state index contributed by atoms with van der Waals surface area (Å²) in [5.41, 5.74) is 0.436. The lowest BCUT2D eigenvalue weighted by molar-refractivity contribution is -0.181. The Labute approximate surface area is 147 Å². The predicted octanol–water partition coefficient (Wildman–Crippen LogP) is 5.52. The second-order valence-corrected chi connectivity index (χ2v) is 9.89. The molecule has 0 N–H and O–H groups in total. The van der Waals surface area contributed by atoms with Crippen LogP contribution in [0.4, 0.5) is 0 Å². The Morgan fingerprint density at radius 1 is 1.00 bits per heavy atom. The monoisotopic (exact) mass is 330 g/mol. The van der Waals surface area contributed by atoms with Crippen molar-refractivity contribution in [1.82, 2.24) is 0 Å². The van der Waals surface area contributed by atoms with E-state index in [1.807, 2.05) is 0 Å². The highest BCUT2D eigenvalue weighted by atomic mass is 16.6. The minimum absolute atomic E-state index is 0.102. The van der Waals surface area contributed by atoms with Crippen molar-refractivity contribution in [3.63, 3.8) is 0 Å². The third-order valence-corrected chi connectivity index (χ3v) is 9.11. The SMILES string of the molecule is CC(=O)O[C@@]1(C)CC[C@H]2[C@@H]3CC[C@H]4CC=CC[C@]4(C)[C@H]3CC[C@@]21C. The predicted molar refractivity (Wildman–Crippen MR) is 96.4 cm³/mol. The summed E-state index contributed by atoms with van der Waals surface area (Å²) < 4.78 is 5.93. The molecular weight excluding hydrogens is 296 g/mol. The Morgan fingerprint density at radius 3 is 2.50 bits per heavy atom. The Kier molecular flexibility index (Phi) is 3.72. The van der Waals surface area contributed by atoms with Gasteiger partial charge in [-0.15, -0.1) is 0 Å². The highest BCUT2D eigenvalue weighted by Gasteiger charge is 2.64. The molecule has 2 heteroatoms. The van der Waals surface area contributed by atoms with Gasteiger partial charge < -0.3 is 4.74 Å². The molecule has 0 saturated heterocycles. The van der Waals surface area contributed by atoms with E-state index < -0.39 is 0 Å². The number of allylic oxidation sites excluding steroid dienone is 2. The lowest BCUT2D eigenvalue weighted by atomic mass is 9.45. The minimum atomic E-state index is -0.251. The van der Waals surface area contributed by atoms with E-state index in [9.17, 15) is 4.79 Å². The van der Waals surface area contributed by atoms with Crippen LogP contribution in [-0.4, -0.2) is 11.6 Å². The van der Waals surface area contributed by atoms with Crippen molar-refractivity contribution in [3.8, 4) is 0 Å². The van der Waals surface area contributed by atoms with E-state index in [1.165, 1.54) is 44.9 Å². The minimum Gasteiger partial charge on any atom is -0.459 e. The van der Waals surface area contributed by atoms with Crippen molar-refractivity contribution < 1.29 is 9.53 Å². The number of rotatable bonds is 1. The molecule has 0 spiro atoms. The Balaban J connectivity index is 1.64. The topological polar surface area (TPSA) is 26.3 Å². The molecule has 0 amide bonds. The van der Waals surface area contributed by atoms with Crippen LogP contribution in [0.5, 0.6) is 0 Å². The molecule has 3 fully saturated rings. The molecule has 24 heavy (non-hydrogen) atoms. The summed E-state index contributed by atoms with van der Waals surface area (Å²) in [6.45, 7) is 8.81. The van der Waals surface area contributed by atoms with Gasteiger partial charge in [-0.05, 0) is 87.4 Å².